The van der Waals surface area contributed by atoms with E-state index < -0.39 is 5.97 Å². The molecule has 0 radical (unpaired) electrons. The van der Waals surface area contributed by atoms with Gasteiger partial charge in [0.25, 0.3) is 0 Å². The van der Waals surface area contributed by atoms with E-state index in [9.17, 15) is 9.90 Å². The molecule has 3 aromatic rings. The summed E-state index contributed by atoms with van der Waals surface area (Å²) in [7, 11) is 0. The third kappa shape index (κ3) is 2.85. The fourth-order valence-corrected chi connectivity index (χ4v) is 2.50. The Kier molecular flexibility index (Phi) is 4.28. The summed E-state index contributed by atoms with van der Waals surface area (Å²) in [6, 6.07) is 8.73. The normalized spacial score (nSPS) is 12.1. The fraction of sp³-hybridized carbons (Fsp3) is 0.250. The van der Waals surface area contributed by atoms with Crippen molar-refractivity contribution in [2.45, 2.75) is 26.4 Å². The number of carbonyl (C=O) groups is 1. The highest BCUT2D eigenvalue weighted by molar-refractivity contribution is 5.99. The van der Waals surface area contributed by atoms with Crippen molar-refractivity contribution in [3.05, 3.63) is 48.0 Å². The van der Waals surface area contributed by atoms with E-state index in [4.69, 9.17) is 4.52 Å². The lowest BCUT2D eigenvalue weighted by atomic mass is 10.1. The van der Waals surface area contributed by atoms with Gasteiger partial charge < -0.3 is 14.9 Å². The lowest BCUT2D eigenvalue weighted by molar-refractivity contribution is 0.0698. The van der Waals surface area contributed by atoms with Crippen molar-refractivity contribution in [1.29, 1.82) is 0 Å². The lowest BCUT2D eigenvalue weighted by Gasteiger charge is -2.13. The van der Waals surface area contributed by atoms with Crippen LogP contribution in [0.5, 0.6) is 0 Å². The Bertz CT molecular complexity index is 841. The van der Waals surface area contributed by atoms with Crippen LogP contribution in [0, 0.1) is 0 Å². The van der Waals surface area contributed by atoms with Crippen molar-refractivity contribution in [3.63, 3.8) is 0 Å². The van der Waals surface area contributed by atoms with Gasteiger partial charge in [0, 0.05) is 12.1 Å². The quantitative estimate of drug-likeness (QED) is 0.717. The van der Waals surface area contributed by atoms with Gasteiger partial charge in [0.2, 0.25) is 0 Å². The molecule has 0 amide bonds. The lowest BCUT2D eigenvalue weighted by Crippen LogP contribution is -2.16. The van der Waals surface area contributed by atoms with Crippen LogP contribution >= 0.6 is 0 Å². The number of carboxylic acids is 1. The largest absolute Gasteiger partial charge is 0.477 e. The van der Waals surface area contributed by atoms with E-state index in [1.165, 1.54) is 6.33 Å². The van der Waals surface area contributed by atoms with Crippen molar-refractivity contribution >= 4 is 11.8 Å². The van der Waals surface area contributed by atoms with Gasteiger partial charge in [-0.1, -0.05) is 35.5 Å². The van der Waals surface area contributed by atoms with Crippen LogP contribution in [0.15, 0.2) is 41.2 Å². The molecule has 0 saturated carbocycles. The molecule has 0 saturated heterocycles. The van der Waals surface area contributed by atoms with Crippen LogP contribution in [0.3, 0.4) is 0 Å². The molecule has 2 N–H and O–H groups in total. The zero-order valence-corrected chi connectivity index (χ0v) is 13.3. The molecule has 124 valence electrons. The van der Waals surface area contributed by atoms with Gasteiger partial charge in [-0.05, 0) is 13.8 Å². The molecule has 24 heavy (non-hydrogen) atoms. The van der Waals surface area contributed by atoms with Crippen LogP contribution in [0.1, 0.15) is 36.1 Å². The van der Waals surface area contributed by atoms with Crippen molar-refractivity contribution in [2.75, 3.05) is 5.32 Å². The minimum absolute atomic E-state index is 0.00406. The second kappa shape index (κ2) is 6.53. The van der Waals surface area contributed by atoms with Crippen LogP contribution in [-0.2, 0) is 6.54 Å². The monoisotopic (exact) mass is 327 g/mol. The first-order chi connectivity index (χ1) is 11.6. The molecular weight excluding hydrogens is 310 g/mol. The Morgan fingerprint density at radius 3 is 2.79 bits per heavy atom. The number of rotatable bonds is 6. The first-order valence-electron chi connectivity index (χ1n) is 7.54. The topological polar surface area (TPSA) is 106 Å². The number of nitrogens with one attached hydrogen (secondary N) is 1. The highest BCUT2D eigenvalue weighted by Crippen LogP contribution is 2.30. The molecule has 0 aliphatic rings. The van der Waals surface area contributed by atoms with Gasteiger partial charge in [-0.25, -0.2) is 14.5 Å². The molecule has 1 atom stereocenters. The van der Waals surface area contributed by atoms with E-state index in [0.717, 1.165) is 0 Å². The first-order valence-corrected chi connectivity index (χ1v) is 7.54. The van der Waals surface area contributed by atoms with Gasteiger partial charge >= 0.3 is 5.97 Å². The van der Waals surface area contributed by atoms with Gasteiger partial charge in [0.1, 0.15) is 12.2 Å². The Labute approximate surface area is 138 Å². The van der Waals surface area contributed by atoms with Crippen molar-refractivity contribution in [2.24, 2.45) is 0 Å². The maximum atomic E-state index is 11.7. The summed E-state index contributed by atoms with van der Waals surface area (Å²) in [6.07, 6.45) is 1.47. The molecule has 8 nitrogen and oxygen atoms in total. The van der Waals surface area contributed by atoms with Gasteiger partial charge in [-0.2, -0.15) is 5.10 Å². The molecule has 8 heteroatoms. The number of hydrogen-bond acceptors (Lipinski definition) is 6. The van der Waals surface area contributed by atoms with Gasteiger partial charge in [-0.15, -0.1) is 0 Å². The molecule has 3 rings (SSSR count). The Morgan fingerprint density at radius 2 is 2.12 bits per heavy atom. The van der Waals surface area contributed by atoms with Crippen LogP contribution < -0.4 is 5.32 Å². The molecule has 2 heterocycles. The minimum atomic E-state index is -1.11. The van der Waals surface area contributed by atoms with E-state index in [1.807, 2.05) is 32.0 Å². The maximum absolute atomic E-state index is 11.7. The number of aromatic carboxylic acids is 1. The van der Waals surface area contributed by atoms with Crippen LogP contribution in [0.4, 0.5) is 5.82 Å². The van der Waals surface area contributed by atoms with E-state index >= 15 is 0 Å². The average Bonchev–Trinajstić information content (AvgIpc) is 3.22. The number of carboxylic acid groups (broad SMARTS) is 1. The molecule has 0 aliphatic heterocycles. The highest BCUT2D eigenvalue weighted by atomic mass is 16.5. The summed E-state index contributed by atoms with van der Waals surface area (Å²) < 4.78 is 7.01. The van der Waals surface area contributed by atoms with E-state index in [1.54, 1.807) is 16.8 Å². The number of aryl methyl sites for hydroxylation is 1. The zero-order valence-electron chi connectivity index (χ0n) is 13.3. The number of hydrogen-bond donors (Lipinski definition) is 2. The summed E-state index contributed by atoms with van der Waals surface area (Å²) >= 11 is 0. The second-order valence-electron chi connectivity index (χ2n) is 5.21. The number of anilines is 1. The molecule has 1 unspecified atom stereocenters. The summed E-state index contributed by atoms with van der Waals surface area (Å²) in [5, 5.41) is 20.6. The molecule has 0 spiro atoms. The van der Waals surface area contributed by atoms with Gasteiger partial charge in [0.05, 0.1) is 6.04 Å². The standard InChI is InChI=1S/C16H17N5O3/c1-3-21-15(17-9-18-21)10(2)19-14-12(16(22)23)13(24-20-14)11-7-5-4-6-8-11/h4-10H,3H2,1-2H3,(H,19,20)(H,22,23). The fourth-order valence-electron chi connectivity index (χ4n) is 2.50. The predicted molar refractivity (Wildman–Crippen MR) is 86.6 cm³/mol. The van der Waals surface area contributed by atoms with Crippen molar-refractivity contribution < 1.29 is 14.4 Å². The Balaban J connectivity index is 1.94. The SMILES string of the molecule is CCn1ncnc1C(C)Nc1noc(-c2ccccc2)c1C(=O)O. The Hall–Kier alpha value is -3.16. The smallest absolute Gasteiger partial charge is 0.343 e. The molecule has 1 aromatic carbocycles. The third-order valence-electron chi connectivity index (χ3n) is 3.63. The number of benzene rings is 1. The first kappa shape index (κ1) is 15.7. The zero-order chi connectivity index (χ0) is 17.1. The van der Waals surface area contributed by atoms with Gasteiger partial charge in [0.15, 0.2) is 17.1 Å². The van der Waals surface area contributed by atoms with E-state index in [0.29, 0.717) is 17.9 Å². The van der Waals surface area contributed by atoms with Crippen molar-refractivity contribution in [1.82, 2.24) is 19.9 Å². The minimum Gasteiger partial charge on any atom is -0.477 e. The molecule has 0 aliphatic carbocycles. The van der Waals surface area contributed by atoms with Crippen LogP contribution in [0.25, 0.3) is 11.3 Å². The molecule has 0 bridgehead atoms. The summed E-state index contributed by atoms with van der Waals surface area (Å²) in [4.78, 5) is 15.9. The highest BCUT2D eigenvalue weighted by Gasteiger charge is 2.25. The summed E-state index contributed by atoms with van der Waals surface area (Å²) in [5.74, 6) is -0.0332. The van der Waals surface area contributed by atoms with Gasteiger partial charge in [-0.3, -0.25) is 0 Å². The van der Waals surface area contributed by atoms with Crippen LogP contribution in [-0.4, -0.2) is 31.0 Å². The average molecular weight is 327 g/mol. The summed E-state index contributed by atoms with van der Waals surface area (Å²) in [5.41, 5.74) is 0.649. The second-order valence-corrected chi connectivity index (χ2v) is 5.21. The van der Waals surface area contributed by atoms with E-state index in [2.05, 4.69) is 20.6 Å². The summed E-state index contributed by atoms with van der Waals surface area (Å²) in [6.45, 7) is 4.48. The molecular formula is C16H17N5O3. The van der Waals surface area contributed by atoms with E-state index in [-0.39, 0.29) is 23.2 Å². The maximum Gasteiger partial charge on any atom is 0.343 e. The Morgan fingerprint density at radius 1 is 1.38 bits per heavy atom. The third-order valence-corrected chi connectivity index (χ3v) is 3.63. The predicted octanol–water partition coefficient (Wildman–Crippen LogP) is 2.82. The number of nitrogens with zero attached hydrogens (tertiary/aromatic N) is 4. The van der Waals surface area contributed by atoms with Crippen LogP contribution in [0.2, 0.25) is 0 Å². The molecule has 2 aromatic heterocycles. The molecule has 0 fully saturated rings. The van der Waals surface area contributed by atoms with Crippen molar-refractivity contribution in [3.8, 4) is 11.3 Å². The number of aromatic nitrogens is 4.